The molecule has 3 rings (SSSR count). The number of rotatable bonds is 16. The first-order chi connectivity index (χ1) is 18.1. The van der Waals surface area contributed by atoms with Crippen LogP contribution in [0.5, 0.6) is 0 Å². The minimum atomic E-state index is -4.22. The summed E-state index contributed by atoms with van der Waals surface area (Å²) in [7, 11) is -3.63. The molecule has 1 unspecified atom stereocenters. The van der Waals surface area contributed by atoms with Crippen molar-refractivity contribution < 1.29 is 13.6 Å². The van der Waals surface area contributed by atoms with Gasteiger partial charge in [0.15, 0.2) is 0 Å². The molecule has 0 aliphatic heterocycles. The quantitative estimate of drug-likeness (QED) is 0.0729. The van der Waals surface area contributed by atoms with Gasteiger partial charge in [-0.3, -0.25) is 0 Å². The first-order valence-electron chi connectivity index (χ1n) is 13.7. The number of allylic oxidation sites excluding steroid dienone is 1. The zero-order chi connectivity index (χ0) is 26.6. The van der Waals surface area contributed by atoms with E-state index in [2.05, 4.69) is 118 Å². The van der Waals surface area contributed by atoms with Crippen LogP contribution in [0.3, 0.4) is 0 Å². The fourth-order valence-electron chi connectivity index (χ4n) is 5.63. The molecule has 0 saturated heterocycles. The van der Waals surface area contributed by atoms with E-state index in [9.17, 15) is 0 Å². The van der Waals surface area contributed by atoms with E-state index >= 15 is 4.57 Å². The second-order valence-electron chi connectivity index (χ2n) is 9.60. The van der Waals surface area contributed by atoms with Crippen LogP contribution < -0.4 is 10.7 Å². The van der Waals surface area contributed by atoms with Gasteiger partial charge in [-0.1, -0.05) is 0 Å². The van der Waals surface area contributed by atoms with Crippen molar-refractivity contribution in [3.63, 3.8) is 0 Å². The van der Waals surface area contributed by atoms with Crippen molar-refractivity contribution in [2.75, 3.05) is 13.2 Å². The SMILES string of the molecule is C=CC[C](CC)(P(=O)(OCCCC)OCCCC)[Sn]([c]1ccccc1)([c]1ccccc1)[c]1ccccc1. The van der Waals surface area contributed by atoms with Gasteiger partial charge < -0.3 is 0 Å². The van der Waals surface area contributed by atoms with Crippen LogP contribution in [0.25, 0.3) is 0 Å². The topological polar surface area (TPSA) is 35.5 Å². The van der Waals surface area contributed by atoms with Crippen LogP contribution in [0, 0.1) is 0 Å². The van der Waals surface area contributed by atoms with Gasteiger partial charge in [0, 0.05) is 0 Å². The Kier molecular flexibility index (Phi) is 11.7. The van der Waals surface area contributed by atoms with E-state index in [1.165, 1.54) is 10.7 Å². The Balaban J connectivity index is 2.49. The van der Waals surface area contributed by atoms with E-state index in [0.717, 1.165) is 25.7 Å². The summed E-state index contributed by atoms with van der Waals surface area (Å²) in [5.74, 6) is 0. The van der Waals surface area contributed by atoms with Gasteiger partial charge in [-0.25, -0.2) is 0 Å². The van der Waals surface area contributed by atoms with Crippen molar-refractivity contribution in [2.45, 2.75) is 62.5 Å². The number of hydrogen-bond acceptors (Lipinski definition) is 3. The second kappa shape index (κ2) is 14.5. The van der Waals surface area contributed by atoms with Crippen molar-refractivity contribution >= 4 is 36.7 Å². The van der Waals surface area contributed by atoms with Gasteiger partial charge >= 0.3 is 230 Å². The van der Waals surface area contributed by atoms with Gasteiger partial charge in [0.1, 0.15) is 0 Å². The molecule has 0 radical (unpaired) electrons. The van der Waals surface area contributed by atoms with Crippen LogP contribution in [0.1, 0.15) is 59.3 Å². The summed E-state index contributed by atoms with van der Waals surface area (Å²) in [6.45, 7) is 11.5. The third-order valence-corrected chi connectivity index (χ3v) is 30.5. The van der Waals surface area contributed by atoms with Crippen molar-refractivity contribution in [1.82, 2.24) is 0 Å². The Labute approximate surface area is 228 Å². The van der Waals surface area contributed by atoms with Gasteiger partial charge in [0.05, 0.1) is 0 Å². The first kappa shape index (κ1) is 29.9. The molecule has 37 heavy (non-hydrogen) atoms. The molecule has 0 fully saturated rings. The zero-order valence-corrected chi connectivity index (χ0v) is 26.5. The second-order valence-corrected chi connectivity index (χ2v) is 25.1. The summed E-state index contributed by atoms with van der Waals surface area (Å²) in [6, 6.07) is 32.3. The van der Waals surface area contributed by atoms with Gasteiger partial charge in [-0.15, -0.1) is 0 Å². The Hall–Kier alpha value is -1.65. The monoisotopic (exact) mass is 626 g/mol. The fraction of sp³-hybridized carbons (Fsp3) is 0.375. The summed E-state index contributed by atoms with van der Waals surface area (Å²) >= 11 is -4.22. The molecular weight excluding hydrogens is 582 g/mol. The molecule has 1 atom stereocenters. The predicted octanol–water partition coefficient (Wildman–Crippen LogP) is 7.25. The third kappa shape index (κ3) is 6.01. The van der Waals surface area contributed by atoms with Crippen LogP contribution in [0.15, 0.2) is 104 Å². The van der Waals surface area contributed by atoms with Crippen molar-refractivity contribution in [2.24, 2.45) is 0 Å². The number of unbranched alkanes of at least 4 members (excludes halogenated alkanes) is 2. The molecule has 3 aromatic rings. The van der Waals surface area contributed by atoms with Crippen LogP contribution in [-0.2, 0) is 13.6 Å². The molecule has 0 spiro atoms. The molecule has 0 aliphatic rings. The van der Waals surface area contributed by atoms with Gasteiger partial charge in [0.2, 0.25) is 0 Å². The molecule has 3 aromatic carbocycles. The van der Waals surface area contributed by atoms with Gasteiger partial charge in [0.25, 0.3) is 0 Å². The van der Waals surface area contributed by atoms with Crippen molar-refractivity contribution in [1.29, 1.82) is 0 Å². The minimum absolute atomic E-state index is 0.430. The summed E-state index contributed by atoms with van der Waals surface area (Å²) in [5.41, 5.74) is 0. The summed E-state index contributed by atoms with van der Waals surface area (Å²) in [5, 5.41) is 0. The predicted molar refractivity (Wildman–Crippen MR) is 161 cm³/mol. The van der Waals surface area contributed by atoms with Crippen LogP contribution in [-0.4, -0.2) is 34.8 Å². The van der Waals surface area contributed by atoms with Gasteiger partial charge in [-0.05, 0) is 0 Å². The molecule has 0 bridgehead atoms. The molecule has 5 heteroatoms. The summed E-state index contributed by atoms with van der Waals surface area (Å²) in [6.07, 6.45) is 6.82. The van der Waals surface area contributed by atoms with E-state index < -0.39 is 29.1 Å². The Bertz CT molecular complexity index is 1010. The number of benzene rings is 3. The average Bonchev–Trinajstić information content (AvgIpc) is 2.95. The number of hydrogen-bond donors (Lipinski definition) is 0. The normalized spacial score (nSPS) is 13.7. The molecule has 0 aromatic heterocycles. The Morgan fingerprint density at radius 3 is 1.41 bits per heavy atom. The Morgan fingerprint density at radius 1 is 0.730 bits per heavy atom. The van der Waals surface area contributed by atoms with Crippen LogP contribution >= 0.6 is 7.60 Å². The molecule has 3 nitrogen and oxygen atoms in total. The molecular formula is C32H43O3PSn. The van der Waals surface area contributed by atoms with Gasteiger partial charge in [-0.2, -0.15) is 0 Å². The van der Waals surface area contributed by atoms with Crippen molar-refractivity contribution in [3.8, 4) is 0 Å². The van der Waals surface area contributed by atoms with E-state index in [1.54, 1.807) is 0 Å². The molecule has 0 amide bonds. The molecule has 0 aliphatic carbocycles. The third-order valence-electron chi connectivity index (χ3n) is 7.43. The average molecular weight is 625 g/mol. The van der Waals surface area contributed by atoms with E-state index in [-0.39, 0.29) is 0 Å². The van der Waals surface area contributed by atoms with Crippen LogP contribution in [0.4, 0.5) is 0 Å². The first-order valence-corrected chi connectivity index (χ1v) is 21.0. The maximum atomic E-state index is 15.5. The molecule has 0 heterocycles. The summed E-state index contributed by atoms with van der Waals surface area (Å²) < 4.78 is 31.7. The maximum absolute atomic E-state index is 15.5. The fourth-order valence-corrected chi connectivity index (χ4v) is 31.5. The standard InChI is InChI=1S/C14H28O3P.3C6H5.Sn/c1-5-9-12-16-18(15,17-13-10-6-2)14(8-4)11-7-3;3*1-2-4-6-5-3-1;/h7H,3,5-6,8-13H2,1-2,4H3;3*1-5H;. The molecule has 198 valence electrons. The van der Waals surface area contributed by atoms with E-state index in [0.29, 0.717) is 26.1 Å². The molecule has 0 N–H and O–H groups in total. The van der Waals surface area contributed by atoms with E-state index in [4.69, 9.17) is 9.05 Å². The zero-order valence-electron chi connectivity index (χ0n) is 22.8. The Morgan fingerprint density at radius 2 is 1.11 bits per heavy atom. The molecule has 0 saturated carbocycles. The van der Waals surface area contributed by atoms with E-state index in [1.807, 2.05) is 6.08 Å². The van der Waals surface area contributed by atoms with Crippen molar-refractivity contribution in [3.05, 3.63) is 104 Å². The van der Waals surface area contributed by atoms with Crippen LogP contribution in [0.2, 0.25) is 0 Å². The summed E-state index contributed by atoms with van der Waals surface area (Å²) in [4.78, 5) is 0.